The van der Waals surface area contributed by atoms with Gasteiger partial charge in [0.15, 0.2) is 6.61 Å². The van der Waals surface area contributed by atoms with Crippen molar-refractivity contribution in [1.29, 1.82) is 0 Å². The van der Waals surface area contributed by atoms with Crippen LogP contribution in [0.5, 0.6) is 11.5 Å². The van der Waals surface area contributed by atoms with Crippen LogP contribution >= 0.6 is 0 Å². The second-order valence-corrected chi connectivity index (χ2v) is 5.00. The highest BCUT2D eigenvalue weighted by Crippen LogP contribution is 2.16. The van der Waals surface area contributed by atoms with Gasteiger partial charge in [-0.15, -0.1) is 0 Å². The van der Waals surface area contributed by atoms with Crippen LogP contribution in [0.3, 0.4) is 0 Å². The molecule has 6 nitrogen and oxygen atoms in total. The molecule has 130 valence electrons. The van der Waals surface area contributed by atoms with Gasteiger partial charge >= 0.3 is 5.97 Å². The highest BCUT2D eigenvalue weighted by atomic mass is 16.5. The zero-order valence-corrected chi connectivity index (χ0v) is 14.0. The van der Waals surface area contributed by atoms with Crippen molar-refractivity contribution in [3.05, 3.63) is 60.2 Å². The third-order valence-electron chi connectivity index (χ3n) is 3.20. The number of methoxy groups -OCH3 is 2. The van der Waals surface area contributed by atoms with Crippen molar-refractivity contribution in [2.24, 2.45) is 0 Å². The van der Waals surface area contributed by atoms with Crippen molar-refractivity contribution >= 4 is 23.6 Å². The minimum absolute atomic E-state index is 0.376. The summed E-state index contributed by atoms with van der Waals surface area (Å²) in [7, 11) is 3.11. The minimum Gasteiger partial charge on any atom is -0.497 e. The summed E-state index contributed by atoms with van der Waals surface area (Å²) in [4.78, 5) is 23.5. The van der Waals surface area contributed by atoms with Crippen LogP contribution in [0.2, 0.25) is 0 Å². The highest BCUT2D eigenvalue weighted by molar-refractivity contribution is 5.94. The van der Waals surface area contributed by atoms with Crippen LogP contribution in [0, 0.1) is 0 Å². The zero-order chi connectivity index (χ0) is 18.1. The van der Waals surface area contributed by atoms with Gasteiger partial charge in [0.2, 0.25) is 0 Å². The van der Waals surface area contributed by atoms with Gasteiger partial charge in [0.05, 0.1) is 14.2 Å². The smallest absolute Gasteiger partial charge is 0.331 e. The Hall–Kier alpha value is -3.28. The molecule has 1 N–H and O–H groups in total. The van der Waals surface area contributed by atoms with Crippen LogP contribution in [0.1, 0.15) is 5.56 Å². The summed E-state index contributed by atoms with van der Waals surface area (Å²) in [5.74, 6) is 0.268. The van der Waals surface area contributed by atoms with Crippen LogP contribution in [-0.4, -0.2) is 32.7 Å². The number of benzene rings is 2. The largest absolute Gasteiger partial charge is 0.497 e. The maximum Gasteiger partial charge on any atom is 0.331 e. The number of hydrogen-bond acceptors (Lipinski definition) is 5. The Balaban J connectivity index is 1.82. The van der Waals surface area contributed by atoms with Gasteiger partial charge in [0.25, 0.3) is 5.91 Å². The first-order chi connectivity index (χ1) is 12.1. The van der Waals surface area contributed by atoms with Crippen LogP contribution in [-0.2, 0) is 14.3 Å². The lowest BCUT2D eigenvalue weighted by atomic mass is 10.2. The summed E-state index contributed by atoms with van der Waals surface area (Å²) in [5, 5.41) is 2.62. The number of esters is 1. The standard InChI is InChI=1S/C19H19NO5/c1-23-16-7-3-5-14(11-16)9-10-19(22)25-13-18(21)20-15-6-4-8-17(12-15)24-2/h3-12H,13H2,1-2H3,(H,20,21)/b10-9+. The number of hydrogen-bond donors (Lipinski definition) is 1. The van der Waals surface area contributed by atoms with E-state index in [4.69, 9.17) is 14.2 Å². The minimum atomic E-state index is -0.608. The predicted octanol–water partition coefficient (Wildman–Crippen LogP) is 2.90. The molecule has 0 aliphatic carbocycles. The zero-order valence-electron chi connectivity index (χ0n) is 14.0. The Morgan fingerprint density at radius 2 is 1.68 bits per heavy atom. The monoisotopic (exact) mass is 341 g/mol. The molecule has 0 saturated carbocycles. The Morgan fingerprint density at radius 1 is 1.00 bits per heavy atom. The Labute approximate surface area is 146 Å². The van der Waals surface area contributed by atoms with Crippen molar-refractivity contribution < 1.29 is 23.8 Å². The molecule has 0 radical (unpaired) electrons. The molecule has 2 aromatic rings. The number of anilines is 1. The molecule has 2 rings (SSSR count). The van der Waals surface area contributed by atoms with Crippen molar-refractivity contribution in [1.82, 2.24) is 0 Å². The molecule has 0 heterocycles. The molecule has 1 amide bonds. The predicted molar refractivity (Wildman–Crippen MR) is 94.6 cm³/mol. The Kier molecular flexibility index (Phi) is 6.59. The van der Waals surface area contributed by atoms with E-state index in [1.807, 2.05) is 12.1 Å². The number of carbonyl (C=O) groups excluding carboxylic acids is 2. The average Bonchev–Trinajstić information content (AvgIpc) is 2.65. The average molecular weight is 341 g/mol. The molecule has 25 heavy (non-hydrogen) atoms. The highest BCUT2D eigenvalue weighted by Gasteiger charge is 2.06. The van der Waals surface area contributed by atoms with E-state index >= 15 is 0 Å². The molecule has 0 unspecified atom stereocenters. The molecule has 0 fully saturated rings. The van der Waals surface area contributed by atoms with Crippen molar-refractivity contribution in [2.45, 2.75) is 0 Å². The van der Waals surface area contributed by atoms with Gasteiger partial charge in [-0.3, -0.25) is 4.79 Å². The first-order valence-electron chi connectivity index (χ1n) is 7.53. The first kappa shape index (κ1) is 18.1. The number of nitrogens with one attached hydrogen (secondary N) is 1. The molecule has 2 aromatic carbocycles. The van der Waals surface area contributed by atoms with Crippen molar-refractivity contribution in [3.63, 3.8) is 0 Å². The molecule has 0 aliphatic heterocycles. The van der Waals surface area contributed by atoms with E-state index in [0.29, 0.717) is 17.2 Å². The van der Waals surface area contributed by atoms with Crippen LogP contribution in [0.4, 0.5) is 5.69 Å². The lowest BCUT2D eigenvalue weighted by Crippen LogP contribution is -2.20. The summed E-state index contributed by atoms with van der Waals surface area (Å²) in [6.45, 7) is -0.376. The fourth-order valence-electron chi connectivity index (χ4n) is 1.99. The van der Waals surface area contributed by atoms with Gasteiger partial charge in [0, 0.05) is 17.8 Å². The van der Waals surface area contributed by atoms with E-state index in [-0.39, 0.29) is 6.61 Å². The molecule has 0 bridgehead atoms. The SMILES string of the molecule is COc1cccc(/C=C/C(=O)OCC(=O)Nc2cccc(OC)c2)c1. The van der Waals surface area contributed by atoms with E-state index in [2.05, 4.69) is 5.32 Å². The molecular formula is C19H19NO5. The lowest BCUT2D eigenvalue weighted by Gasteiger charge is -2.07. The van der Waals surface area contributed by atoms with Gasteiger partial charge in [-0.25, -0.2) is 4.79 Å². The third-order valence-corrected chi connectivity index (χ3v) is 3.20. The van der Waals surface area contributed by atoms with Crippen molar-refractivity contribution in [3.8, 4) is 11.5 Å². The first-order valence-corrected chi connectivity index (χ1v) is 7.53. The van der Waals surface area contributed by atoms with E-state index in [9.17, 15) is 9.59 Å². The molecule has 6 heteroatoms. The van der Waals surface area contributed by atoms with E-state index in [1.54, 1.807) is 49.6 Å². The Bertz CT molecular complexity index is 770. The summed E-state index contributed by atoms with van der Waals surface area (Å²) >= 11 is 0. The fourth-order valence-corrected chi connectivity index (χ4v) is 1.99. The summed E-state index contributed by atoms with van der Waals surface area (Å²) in [6, 6.07) is 14.1. The molecule has 0 aliphatic rings. The molecular weight excluding hydrogens is 322 g/mol. The molecule has 0 atom stereocenters. The number of rotatable bonds is 7. The Morgan fingerprint density at radius 3 is 2.40 bits per heavy atom. The maximum atomic E-state index is 11.8. The van der Waals surface area contributed by atoms with Crippen LogP contribution in [0.15, 0.2) is 54.6 Å². The summed E-state index contributed by atoms with van der Waals surface area (Å²) < 4.78 is 15.1. The van der Waals surface area contributed by atoms with E-state index in [1.165, 1.54) is 13.2 Å². The van der Waals surface area contributed by atoms with Gasteiger partial charge in [-0.1, -0.05) is 18.2 Å². The lowest BCUT2D eigenvalue weighted by molar-refractivity contribution is -0.142. The van der Waals surface area contributed by atoms with E-state index < -0.39 is 11.9 Å². The normalized spacial score (nSPS) is 10.3. The second-order valence-electron chi connectivity index (χ2n) is 5.00. The number of amides is 1. The van der Waals surface area contributed by atoms with Gasteiger partial charge < -0.3 is 19.5 Å². The van der Waals surface area contributed by atoms with Gasteiger partial charge in [-0.2, -0.15) is 0 Å². The molecule has 0 saturated heterocycles. The van der Waals surface area contributed by atoms with Crippen molar-refractivity contribution in [2.75, 3.05) is 26.1 Å². The molecule has 0 spiro atoms. The van der Waals surface area contributed by atoms with Gasteiger partial charge in [-0.05, 0) is 35.9 Å². The van der Waals surface area contributed by atoms with E-state index in [0.717, 1.165) is 5.56 Å². The van der Waals surface area contributed by atoms with Crippen LogP contribution in [0.25, 0.3) is 6.08 Å². The number of carbonyl (C=O) groups is 2. The van der Waals surface area contributed by atoms with Gasteiger partial charge in [0.1, 0.15) is 11.5 Å². The second kappa shape index (κ2) is 9.12. The third kappa shape index (κ3) is 6.02. The maximum absolute atomic E-state index is 11.8. The molecule has 0 aromatic heterocycles. The number of ether oxygens (including phenoxy) is 3. The summed E-state index contributed by atoms with van der Waals surface area (Å²) in [5.41, 5.74) is 1.35. The quantitative estimate of drug-likeness (QED) is 0.619. The summed E-state index contributed by atoms with van der Waals surface area (Å²) in [6.07, 6.45) is 2.85. The topological polar surface area (TPSA) is 73.9 Å². The van der Waals surface area contributed by atoms with Crippen LogP contribution < -0.4 is 14.8 Å². The fraction of sp³-hybridized carbons (Fsp3) is 0.158.